The van der Waals surface area contributed by atoms with Crippen molar-refractivity contribution in [3.05, 3.63) is 64.5 Å². The smallest absolute Gasteiger partial charge is 0.263 e. The number of amides is 2. The number of nitrogens with zero attached hydrogens (tertiary/aromatic N) is 1. The summed E-state index contributed by atoms with van der Waals surface area (Å²) in [6.45, 7) is 1.72. The number of imide groups is 1. The fourth-order valence-corrected chi connectivity index (χ4v) is 2.50. The summed E-state index contributed by atoms with van der Waals surface area (Å²) in [5.74, 6) is -1.36. The zero-order valence-corrected chi connectivity index (χ0v) is 11.4. The first kappa shape index (κ1) is 13.3. The number of anilines is 1. The minimum Gasteiger partial charge on any atom is -0.398 e. The number of halogens is 1. The second-order valence-electron chi connectivity index (χ2n) is 5.06. The van der Waals surface area contributed by atoms with E-state index in [2.05, 4.69) is 0 Å². The zero-order chi connectivity index (χ0) is 15.1. The molecule has 106 valence electrons. The normalized spacial score (nSPS) is 13.7. The molecule has 2 aromatic carbocycles. The van der Waals surface area contributed by atoms with Crippen LogP contribution in [0.1, 0.15) is 31.8 Å². The molecular weight excluding hydrogens is 271 g/mol. The predicted molar refractivity (Wildman–Crippen MR) is 76.2 cm³/mol. The van der Waals surface area contributed by atoms with Crippen LogP contribution in [0.2, 0.25) is 0 Å². The predicted octanol–water partition coefficient (Wildman–Crippen LogP) is 2.51. The Labute approximate surface area is 121 Å². The Morgan fingerprint density at radius 3 is 2.62 bits per heavy atom. The van der Waals surface area contributed by atoms with Crippen molar-refractivity contribution < 1.29 is 14.0 Å². The van der Waals surface area contributed by atoms with Gasteiger partial charge in [-0.2, -0.15) is 0 Å². The first-order chi connectivity index (χ1) is 9.99. The Bertz CT molecular complexity index is 771. The highest BCUT2D eigenvalue weighted by Gasteiger charge is 2.37. The molecule has 1 aliphatic rings. The van der Waals surface area contributed by atoms with Gasteiger partial charge < -0.3 is 5.73 Å². The van der Waals surface area contributed by atoms with E-state index in [9.17, 15) is 14.0 Å². The topological polar surface area (TPSA) is 63.4 Å². The molecule has 3 rings (SSSR count). The first-order valence-corrected chi connectivity index (χ1v) is 6.48. The van der Waals surface area contributed by atoms with Crippen molar-refractivity contribution >= 4 is 17.5 Å². The molecule has 0 fully saturated rings. The molecule has 0 saturated heterocycles. The summed E-state index contributed by atoms with van der Waals surface area (Å²) in [5.41, 5.74) is 7.67. The summed E-state index contributed by atoms with van der Waals surface area (Å²) in [6.07, 6.45) is 0. The second kappa shape index (κ2) is 4.70. The SMILES string of the molecule is Cc1ccc(F)c(CN2C(=O)c3cccc(N)c3C2=O)c1. The lowest BCUT2D eigenvalue weighted by Gasteiger charge is -2.14. The van der Waals surface area contributed by atoms with Crippen LogP contribution in [-0.4, -0.2) is 16.7 Å². The molecule has 2 N–H and O–H groups in total. The van der Waals surface area contributed by atoms with Crippen LogP contribution in [0.25, 0.3) is 0 Å². The van der Waals surface area contributed by atoms with E-state index in [-0.39, 0.29) is 23.4 Å². The van der Waals surface area contributed by atoms with E-state index in [1.54, 1.807) is 30.3 Å². The highest BCUT2D eigenvalue weighted by molar-refractivity contribution is 6.23. The molecule has 0 aromatic heterocycles. The average molecular weight is 284 g/mol. The number of nitrogen functional groups attached to an aromatic ring is 1. The van der Waals surface area contributed by atoms with Gasteiger partial charge in [0.25, 0.3) is 11.8 Å². The van der Waals surface area contributed by atoms with Crippen LogP contribution < -0.4 is 5.73 Å². The Hall–Kier alpha value is -2.69. The van der Waals surface area contributed by atoms with Crippen LogP contribution >= 0.6 is 0 Å². The van der Waals surface area contributed by atoms with Crippen molar-refractivity contribution in [2.45, 2.75) is 13.5 Å². The molecule has 1 aliphatic heterocycles. The molecule has 4 nitrogen and oxygen atoms in total. The molecule has 21 heavy (non-hydrogen) atoms. The fraction of sp³-hybridized carbons (Fsp3) is 0.125. The van der Waals surface area contributed by atoms with Gasteiger partial charge in [0.2, 0.25) is 0 Å². The summed E-state index contributed by atoms with van der Waals surface area (Å²) >= 11 is 0. The van der Waals surface area contributed by atoms with Crippen LogP contribution in [0.3, 0.4) is 0 Å². The third kappa shape index (κ3) is 2.07. The van der Waals surface area contributed by atoms with Gasteiger partial charge in [-0.3, -0.25) is 14.5 Å². The molecule has 0 aliphatic carbocycles. The molecule has 0 saturated carbocycles. The van der Waals surface area contributed by atoms with Crippen LogP contribution in [0, 0.1) is 12.7 Å². The molecule has 1 heterocycles. The number of hydrogen-bond donors (Lipinski definition) is 1. The highest BCUT2D eigenvalue weighted by atomic mass is 19.1. The Kier molecular flexibility index (Phi) is 2.97. The van der Waals surface area contributed by atoms with E-state index in [0.717, 1.165) is 10.5 Å². The molecule has 2 aromatic rings. The van der Waals surface area contributed by atoms with Crippen molar-refractivity contribution in [3.63, 3.8) is 0 Å². The molecule has 2 amide bonds. The van der Waals surface area contributed by atoms with Crippen LogP contribution in [0.15, 0.2) is 36.4 Å². The maximum atomic E-state index is 13.8. The van der Waals surface area contributed by atoms with Crippen LogP contribution in [0.4, 0.5) is 10.1 Å². The number of carbonyl (C=O) groups excluding carboxylic acids is 2. The number of carbonyl (C=O) groups is 2. The summed E-state index contributed by atoms with van der Waals surface area (Å²) in [7, 11) is 0. The minimum absolute atomic E-state index is 0.0979. The van der Waals surface area contributed by atoms with E-state index in [0.29, 0.717) is 5.56 Å². The lowest BCUT2D eigenvalue weighted by atomic mass is 10.1. The van der Waals surface area contributed by atoms with Gasteiger partial charge in [-0.1, -0.05) is 23.8 Å². The van der Waals surface area contributed by atoms with Crippen LogP contribution in [-0.2, 0) is 6.54 Å². The Balaban J connectivity index is 1.99. The summed E-state index contributed by atoms with van der Waals surface area (Å²) in [6, 6.07) is 9.34. The lowest BCUT2D eigenvalue weighted by Crippen LogP contribution is -2.29. The van der Waals surface area contributed by atoms with Gasteiger partial charge in [0.1, 0.15) is 5.82 Å². The Morgan fingerprint density at radius 2 is 1.90 bits per heavy atom. The van der Waals surface area contributed by atoms with Gasteiger partial charge in [-0.15, -0.1) is 0 Å². The fourth-order valence-electron chi connectivity index (χ4n) is 2.50. The number of hydrogen-bond acceptors (Lipinski definition) is 3. The molecule has 5 heteroatoms. The third-order valence-corrected chi connectivity index (χ3v) is 3.56. The number of nitrogens with two attached hydrogens (primary N) is 1. The van der Waals surface area contributed by atoms with Crippen molar-refractivity contribution in [2.24, 2.45) is 0 Å². The summed E-state index contributed by atoms with van der Waals surface area (Å²) in [4.78, 5) is 25.6. The van der Waals surface area contributed by atoms with E-state index >= 15 is 0 Å². The minimum atomic E-state index is -0.478. The summed E-state index contributed by atoms with van der Waals surface area (Å²) < 4.78 is 13.8. The summed E-state index contributed by atoms with van der Waals surface area (Å²) in [5, 5.41) is 0. The lowest BCUT2D eigenvalue weighted by molar-refractivity contribution is 0.0641. The molecule has 0 radical (unpaired) electrons. The average Bonchev–Trinajstić information content (AvgIpc) is 2.69. The monoisotopic (exact) mass is 284 g/mol. The first-order valence-electron chi connectivity index (χ1n) is 6.48. The van der Waals surface area contributed by atoms with Gasteiger partial charge in [0, 0.05) is 11.3 Å². The molecule has 0 bridgehead atoms. The van der Waals surface area contributed by atoms with Gasteiger partial charge in [0.05, 0.1) is 17.7 Å². The van der Waals surface area contributed by atoms with E-state index in [1.165, 1.54) is 6.07 Å². The van der Waals surface area contributed by atoms with E-state index in [4.69, 9.17) is 5.73 Å². The quantitative estimate of drug-likeness (QED) is 0.680. The van der Waals surface area contributed by atoms with E-state index < -0.39 is 17.6 Å². The standard InChI is InChI=1S/C16H13FN2O2/c1-9-5-6-12(17)10(7-9)8-19-15(20)11-3-2-4-13(18)14(11)16(19)21/h2-7H,8,18H2,1H3. The van der Waals surface area contributed by atoms with Gasteiger partial charge in [-0.05, 0) is 25.1 Å². The highest BCUT2D eigenvalue weighted by Crippen LogP contribution is 2.29. The maximum absolute atomic E-state index is 13.8. The largest absolute Gasteiger partial charge is 0.398 e. The molecular formula is C16H13FN2O2. The number of fused-ring (bicyclic) bond motifs is 1. The number of aryl methyl sites for hydroxylation is 1. The second-order valence-corrected chi connectivity index (χ2v) is 5.06. The van der Waals surface area contributed by atoms with Gasteiger partial charge >= 0.3 is 0 Å². The third-order valence-electron chi connectivity index (χ3n) is 3.56. The molecule has 0 unspecified atom stereocenters. The van der Waals surface area contributed by atoms with Crippen molar-refractivity contribution in [1.82, 2.24) is 4.90 Å². The number of benzene rings is 2. The van der Waals surface area contributed by atoms with Crippen LogP contribution in [0.5, 0.6) is 0 Å². The van der Waals surface area contributed by atoms with Gasteiger partial charge in [0.15, 0.2) is 0 Å². The van der Waals surface area contributed by atoms with Gasteiger partial charge in [-0.25, -0.2) is 4.39 Å². The molecule has 0 spiro atoms. The number of rotatable bonds is 2. The Morgan fingerprint density at radius 1 is 1.14 bits per heavy atom. The van der Waals surface area contributed by atoms with E-state index in [1.807, 2.05) is 6.92 Å². The van der Waals surface area contributed by atoms with Crippen molar-refractivity contribution in [2.75, 3.05) is 5.73 Å². The van der Waals surface area contributed by atoms with Crippen molar-refractivity contribution in [3.8, 4) is 0 Å². The van der Waals surface area contributed by atoms with Crippen molar-refractivity contribution in [1.29, 1.82) is 0 Å². The molecule has 0 atom stereocenters. The maximum Gasteiger partial charge on any atom is 0.263 e. The zero-order valence-electron chi connectivity index (χ0n) is 11.4.